The van der Waals surface area contributed by atoms with Crippen LogP contribution >= 0.6 is 24.0 Å². The summed E-state index contributed by atoms with van der Waals surface area (Å²) in [5.41, 5.74) is 1.40. The van der Waals surface area contributed by atoms with E-state index in [1.807, 2.05) is 7.05 Å². The molecule has 2 saturated heterocycles. The Morgan fingerprint density at radius 1 is 1.22 bits per heavy atom. The van der Waals surface area contributed by atoms with Crippen molar-refractivity contribution < 1.29 is 4.74 Å². The number of nitrogens with zero attached hydrogens (tertiary/aromatic N) is 3. The number of aliphatic imine (C=N–C) groups is 1. The first-order valence-electron chi connectivity index (χ1n) is 10.1. The molecule has 6 heteroatoms. The van der Waals surface area contributed by atoms with Crippen LogP contribution in [0.25, 0.3) is 0 Å². The van der Waals surface area contributed by atoms with Crippen LogP contribution in [0.15, 0.2) is 29.3 Å². The smallest absolute Gasteiger partial charge is 0.193 e. The summed E-state index contributed by atoms with van der Waals surface area (Å²) in [6, 6.07) is 9.14. The normalized spacial score (nSPS) is 21.8. The Hall–Kier alpha value is -1.02. The molecule has 2 unspecified atom stereocenters. The predicted octanol–water partition coefficient (Wildman–Crippen LogP) is 3.55. The lowest BCUT2D eigenvalue weighted by atomic mass is 9.98. The lowest BCUT2D eigenvalue weighted by Gasteiger charge is -2.29. The van der Waals surface area contributed by atoms with Crippen molar-refractivity contribution in [1.29, 1.82) is 0 Å². The predicted molar refractivity (Wildman–Crippen MR) is 124 cm³/mol. The Bertz CT molecular complexity index is 586. The van der Waals surface area contributed by atoms with E-state index in [9.17, 15) is 0 Å². The number of halogens is 1. The van der Waals surface area contributed by atoms with E-state index in [0.29, 0.717) is 12.0 Å². The van der Waals surface area contributed by atoms with Crippen molar-refractivity contribution in [2.75, 3.05) is 46.9 Å². The summed E-state index contributed by atoms with van der Waals surface area (Å²) in [5, 5.41) is 3.64. The van der Waals surface area contributed by atoms with E-state index >= 15 is 0 Å². The average Bonchev–Trinajstić information content (AvgIpc) is 3.38. The van der Waals surface area contributed by atoms with Gasteiger partial charge in [-0.25, -0.2) is 0 Å². The molecule has 2 aliphatic rings. The summed E-state index contributed by atoms with van der Waals surface area (Å²) in [4.78, 5) is 9.59. The van der Waals surface area contributed by atoms with E-state index in [4.69, 9.17) is 4.74 Å². The van der Waals surface area contributed by atoms with E-state index < -0.39 is 0 Å². The Morgan fingerprint density at radius 3 is 2.52 bits per heavy atom. The lowest BCUT2D eigenvalue weighted by Crippen LogP contribution is -2.47. The van der Waals surface area contributed by atoms with Crippen LogP contribution in [0.2, 0.25) is 0 Å². The van der Waals surface area contributed by atoms with Crippen molar-refractivity contribution in [3.63, 3.8) is 0 Å². The Morgan fingerprint density at radius 2 is 1.93 bits per heavy atom. The van der Waals surface area contributed by atoms with Crippen molar-refractivity contribution >= 4 is 29.9 Å². The van der Waals surface area contributed by atoms with Gasteiger partial charge in [-0.2, -0.15) is 0 Å². The monoisotopic (exact) mass is 486 g/mol. The highest BCUT2D eigenvalue weighted by molar-refractivity contribution is 14.0. The van der Waals surface area contributed by atoms with Crippen LogP contribution < -0.4 is 10.1 Å². The molecule has 1 N–H and O–H groups in total. The fraction of sp³-hybridized carbons (Fsp3) is 0.667. The summed E-state index contributed by atoms with van der Waals surface area (Å²) in [7, 11) is 3.62. The van der Waals surface area contributed by atoms with Gasteiger partial charge in [0.15, 0.2) is 5.96 Å². The Labute approximate surface area is 181 Å². The first-order valence-corrected chi connectivity index (χ1v) is 10.1. The second-order valence-corrected chi connectivity index (χ2v) is 7.44. The largest absolute Gasteiger partial charge is 0.497 e. The third kappa shape index (κ3) is 5.73. The van der Waals surface area contributed by atoms with Crippen molar-refractivity contribution in [2.45, 2.75) is 44.6 Å². The van der Waals surface area contributed by atoms with Crippen molar-refractivity contribution in [3.05, 3.63) is 29.8 Å². The highest BCUT2D eigenvalue weighted by atomic mass is 127. The number of hydrogen-bond acceptors (Lipinski definition) is 3. The van der Waals surface area contributed by atoms with E-state index in [2.05, 4.69) is 51.3 Å². The zero-order valence-electron chi connectivity index (χ0n) is 17.0. The van der Waals surface area contributed by atoms with Gasteiger partial charge in [0.25, 0.3) is 0 Å². The maximum absolute atomic E-state index is 5.27. The number of nitrogens with one attached hydrogen (secondary N) is 1. The van der Waals surface area contributed by atoms with Crippen LogP contribution in [-0.4, -0.2) is 68.7 Å². The molecule has 0 spiro atoms. The minimum atomic E-state index is 0. The quantitative estimate of drug-likeness (QED) is 0.380. The van der Waals surface area contributed by atoms with E-state index in [1.54, 1.807) is 7.11 Å². The number of benzene rings is 1. The summed E-state index contributed by atoms with van der Waals surface area (Å²) >= 11 is 0. The molecule has 3 rings (SSSR count). The van der Waals surface area contributed by atoms with Crippen LogP contribution in [0.4, 0.5) is 0 Å². The van der Waals surface area contributed by atoms with Crippen molar-refractivity contribution in [2.24, 2.45) is 4.99 Å². The van der Waals surface area contributed by atoms with E-state index in [1.165, 1.54) is 44.3 Å². The number of ether oxygens (including phenoxy) is 1. The van der Waals surface area contributed by atoms with Crippen LogP contribution in [0, 0.1) is 0 Å². The number of likely N-dealkylation sites (tertiary alicyclic amines) is 2. The topological polar surface area (TPSA) is 40.1 Å². The van der Waals surface area contributed by atoms with Gasteiger partial charge < -0.3 is 15.0 Å². The van der Waals surface area contributed by atoms with Gasteiger partial charge >= 0.3 is 0 Å². The van der Waals surface area contributed by atoms with Crippen LogP contribution in [0.3, 0.4) is 0 Å². The Kier molecular flexibility index (Phi) is 9.15. The third-order valence-electron chi connectivity index (χ3n) is 5.91. The number of guanidine groups is 1. The lowest BCUT2D eigenvalue weighted by molar-refractivity contribution is 0.235. The minimum Gasteiger partial charge on any atom is -0.497 e. The van der Waals surface area contributed by atoms with Crippen molar-refractivity contribution in [3.8, 4) is 5.75 Å². The summed E-state index contributed by atoms with van der Waals surface area (Å²) in [6.07, 6.45) is 5.07. The summed E-state index contributed by atoms with van der Waals surface area (Å²) in [6.45, 7) is 7.89. The van der Waals surface area contributed by atoms with Gasteiger partial charge in [-0.1, -0.05) is 19.1 Å². The van der Waals surface area contributed by atoms with E-state index in [0.717, 1.165) is 31.3 Å². The maximum atomic E-state index is 5.27. The standard InChI is InChI=1S/C21H34N4O.HI/c1-4-19(24-12-5-6-13-24)15-23-21(22-2)25-14-11-18(16-25)17-7-9-20(26-3)10-8-17;/h7-10,18-19H,4-6,11-16H2,1-3H3,(H,22,23);1H. The highest BCUT2D eigenvalue weighted by Crippen LogP contribution is 2.28. The highest BCUT2D eigenvalue weighted by Gasteiger charge is 2.27. The molecule has 0 aromatic heterocycles. The number of rotatable bonds is 6. The molecular weight excluding hydrogens is 451 g/mol. The van der Waals surface area contributed by atoms with Gasteiger partial charge in [0.2, 0.25) is 0 Å². The molecule has 0 radical (unpaired) electrons. The molecule has 1 aromatic rings. The summed E-state index contributed by atoms with van der Waals surface area (Å²) in [5.74, 6) is 2.55. The van der Waals surface area contributed by atoms with Gasteiger partial charge in [-0.3, -0.25) is 9.89 Å². The molecule has 1 aromatic carbocycles. The van der Waals surface area contributed by atoms with Gasteiger partial charge in [-0.15, -0.1) is 24.0 Å². The maximum Gasteiger partial charge on any atom is 0.193 e. The van der Waals surface area contributed by atoms with Crippen LogP contribution in [0.5, 0.6) is 5.75 Å². The molecule has 5 nitrogen and oxygen atoms in total. The van der Waals surface area contributed by atoms with Gasteiger partial charge in [0, 0.05) is 38.6 Å². The fourth-order valence-corrected chi connectivity index (χ4v) is 4.28. The van der Waals surface area contributed by atoms with E-state index in [-0.39, 0.29) is 24.0 Å². The fourth-order valence-electron chi connectivity index (χ4n) is 4.28. The first-order chi connectivity index (χ1) is 12.7. The van der Waals surface area contributed by atoms with Gasteiger partial charge in [0.05, 0.1) is 7.11 Å². The molecule has 2 fully saturated rings. The second-order valence-electron chi connectivity index (χ2n) is 7.44. The molecule has 0 bridgehead atoms. The average molecular weight is 486 g/mol. The van der Waals surface area contributed by atoms with Crippen LogP contribution in [0.1, 0.15) is 44.1 Å². The number of hydrogen-bond donors (Lipinski definition) is 1. The molecule has 0 amide bonds. The molecule has 0 saturated carbocycles. The van der Waals surface area contributed by atoms with Crippen molar-refractivity contribution in [1.82, 2.24) is 15.1 Å². The first kappa shape index (κ1) is 22.3. The zero-order chi connectivity index (χ0) is 18.4. The molecule has 2 heterocycles. The second kappa shape index (κ2) is 11.1. The molecular formula is C21H35IN4O. The number of methoxy groups -OCH3 is 1. The zero-order valence-corrected chi connectivity index (χ0v) is 19.3. The minimum absolute atomic E-state index is 0. The van der Waals surface area contributed by atoms with Gasteiger partial charge in [-0.05, 0) is 56.5 Å². The molecule has 27 heavy (non-hydrogen) atoms. The Balaban J connectivity index is 0.00000261. The molecule has 2 aliphatic heterocycles. The van der Waals surface area contributed by atoms with Gasteiger partial charge in [0.1, 0.15) is 5.75 Å². The third-order valence-corrected chi connectivity index (χ3v) is 5.91. The molecule has 0 aliphatic carbocycles. The van der Waals surface area contributed by atoms with Crippen LogP contribution in [-0.2, 0) is 0 Å². The molecule has 2 atom stereocenters. The molecule has 152 valence electrons. The summed E-state index contributed by atoms with van der Waals surface area (Å²) < 4.78 is 5.27. The SMILES string of the molecule is CCC(CNC(=NC)N1CCC(c2ccc(OC)cc2)C1)N1CCCC1.I.